The summed E-state index contributed by atoms with van der Waals surface area (Å²) < 4.78 is 3.46. The molecule has 0 spiro atoms. The molecule has 4 aliphatic rings. The predicted octanol–water partition coefficient (Wildman–Crippen LogP) is 6.87. The van der Waals surface area contributed by atoms with Crippen molar-refractivity contribution in [3.05, 3.63) is 129 Å². The van der Waals surface area contributed by atoms with Gasteiger partial charge in [-0.1, -0.05) is 0 Å². The van der Waals surface area contributed by atoms with E-state index in [1.165, 1.54) is 83.0 Å². The van der Waals surface area contributed by atoms with E-state index >= 15 is 0 Å². The van der Waals surface area contributed by atoms with Crippen LogP contribution in [-0.4, -0.2) is 0 Å². The minimum absolute atomic E-state index is 0. The second-order valence-corrected chi connectivity index (χ2v) is 31.3. The zero-order chi connectivity index (χ0) is 30.7. The van der Waals surface area contributed by atoms with Crippen LogP contribution in [0.25, 0.3) is 34.4 Å². The minimum atomic E-state index is -3.10. The van der Waals surface area contributed by atoms with Gasteiger partial charge in [0.2, 0.25) is 0 Å². The normalized spacial score (nSPS) is 23.7. The number of halogens is 2. The first-order valence-corrected chi connectivity index (χ1v) is 26.2. The average molecular weight is 826 g/mol. The molecule has 0 nitrogen and oxygen atoms in total. The Morgan fingerprint density at radius 2 is 0.957 bits per heavy atom. The van der Waals surface area contributed by atoms with E-state index in [1.54, 1.807) is 22.3 Å². The molecule has 47 heavy (non-hydrogen) atoms. The largest absolute Gasteiger partial charge is 1.00 e. The number of fused-ring (bicyclic) bond motifs is 3. The van der Waals surface area contributed by atoms with Gasteiger partial charge in [0.1, 0.15) is 0 Å². The van der Waals surface area contributed by atoms with Gasteiger partial charge in [-0.15, -0.1) is 0 Å². The van der Waals surface area contributed by atoms with Crippen LogP contribution in [0.1, 0.15) is 107 Å². The van der Waals surface area contributed by atoms with Crippen molar-refractivity contribution in [1.82, 2.24) is 0 Å². The molecule has 1 aliphatic heterocycles. The number of allylic oxidation sites excluding steroid dienone is 2. The van der Waals surface area contributed by atoms with Crippen molar-refractivity contribution in [3.8, 4) is 22.3 Å². The molecule has 4 atom stereocenters. The van der Waals surface area contributed by atoms with E-state index in [-0.39, 0.29) is 24.8 Å². The third-order valence-corrected chi connectivity index (χ3v) is 37.6. The SMILES string of the molecule is CCCc1ccc(-c2cccc3c2C=C(C)[CH]3[Hf+2]2([CH]3C(C)=Cc4c(-c5ccc(CCC)cc5)cccc43)[CH]3CCCC[CH]32)cc1.[Cl-].[Cl-]. The maximum Gasteiger partial charge on any atom is -1.00 e. The van der Waals surface area contributed by atoms with E-state index in [4.69, 9.17) is 0 Å². The molecule has 4 aromatic rings. The smallest absolute Gasteiger partial charge is 1.00 e. The van der Waals surface area contributed by atoms with Gasteiger partial charge in [-0.2, -0.15) is 0 Å². The summed E-state index contributed by atoms with van der Waals surface area (Å²) in [6.45, 7) is 9.56. The van der Waals surface area contributed by atoms with Crippen LogP contribution in [0.15, 0.2) is 96.1 Å². The Labute approximate surface area is 300 Å². The molecule has 0 N–H and O–H groups in total. The Balaban J connectivity index is 0.00000193. The molecular formula is C44H48Cl2Hf. The fourth-order valence-corrected chi connectivity index (χ4v) is 45.9. The first-order valence-electron chi connectivity index (χ1n) is 17.9. The quantitative estimate of drug-likeness (QED) is 0.171. The van der Waals surface area contributed by atoms with E-state index in [0.717, 1.165) is 20.2 Å². The van der Waals surface area contributed by atoms with Gasteiger partial charge < -0.3 is 24.8 Å². The van der Waals surface area contributed by atoms with Crippen LogP contribution in [0.2, 0.25) is 7.35 Å². The van der Waals surface area contributed by atoms with Gasteiger partial charge in [-0.25, -0.2) is 0 Å². The number of hydrogen-bond donors (Lipinski definition) is 0. The van der Waals surface area contributed by atoms with Crippen LogP contribution in [0, 0.1) is 0 Å². The topological polar surface area (TPSA) is 0 Å². The second kappa shape index (κ2) is 14.0. The first kappa shape index (κ1) is 34.7. The Kier molecular flexibility index (Phi) is 10.3. The summed E-state index contributed by atoms with van der Waals surface area (Å²) in [6, 6.07) is 33.6. The molecule has 3 heteroatoms. The summed E-state index contributed by atoms with van der Waals surface area (Å²) in [5.41, 5.74) is 18.4. The number of hydrogen-bond acceptors (Lipinski definition) is 0. The van der Waals surface area contributed by atoms with Crippen molar-refractivity contribution in [2.75, 3.05) is 0 Å². The van der Waals surface area contributed by atoms with Gasteiger partial charge in [-0.3, -0.25) is 0 Å². The molecule has 8 rings (SSSR count). The van der Waals surface area contributed by atoms with E-state index in [0.29, 0.717) is 7.35 Å². The van der Waals surface area contributed by atoms with Gasteiger partial charge in [0.25, 0.3) is 0 Å². The molecule has 4 unspecified atom stereocenters. The summed E-state index contributed by atoms with van der Waals surface area (Å²) in [6.07, 6.45) is 15.9. The maximum atomic E-state index is 2.63. The third-order valence-electron chi connectivity index (χ3n) is 12.1. The number of rotatable bonds is 8. The van der Waals surface area contributed by atoms with Crippen molar-refractivity contribution in [2.24, 2.45) is 0 Å². The fraction of sp³-hybridized carbons (Fsp3) is 0.364. The van der Waals surface area contributed by atoms with Crippen molar-refractivity contribution in [2.45, 2.75) is 93.8 Å². The molecule has 1 saturated heterocycles. The third kappa shape index (κ3) is 5.61. The summed E-state index contributed by atoms with van der Waals surface area (Å²) >= 11 is -3.10. The van der Waals surface area contributed by atoms with Gasteiger partial charge in [-0.05, 0) is 0 Å². The minimum Gasteiger partial charge on any atom is -1.00 e. The van der Waals surface area contributed by atoms with Gasteiger partial charge in [0.15, 0.2) is 0 Å². The maximum absolute atomic E-state index is 3.10. The van der Waals surface area contributed by atoms with Gasteiger partial charge in [0, 0.05) is 0 Å². The molecule has 2 fully saturated rings. The van der Waals surface area contributed by atoms with E-state index in [9.17, 15) is 0 Å². The van der Waals surface area contributed by atoms with Gasteiger partial charge >= 0.3 is 278 Å². The molecule has 1 heterocycles. The molecule has 0 aromatic heterocycles. The summed E-state index contributed by atoms with van der Waals surface area (Å²) in [5.74, 6) is 0. The van der Waals surface area contributed by atoms with Crippen LogP contribution >= 0.6 is 0 Å². The number of aryl methyl sites for hydroxylation is 2. The predicted molar refractivity (Wildman–Crippen MR) is 190 cm³/mol. The molecule has 0 bridgehead atoms. The van der Waals surface area contributed by atoms with E-state index < -0.39 is 20.0 Å². The van der Waals surface area contributed by atoms with Gasteiger partial charge in [0.05, 0.1) is 0 Å². The van der Waals surface area contributed by atoms with Crippen molar-refractivity contribution in [1.29, 1.82) is 0 Å². The molecule has 4 aromatic carbocycles. The second-order valence-electron chi connectivity index (χ2n) is 14.7. The van der Waals surface area contributed by atoms with Crippen molar-refractivity contribution >= 4 is 12.2 Å². The Morgan fingerprint density at radius 1 is 0.553 bits per heavy atom. The summed E-state index contributed by atoms with van der Waals surface area (Å²) in [7, 11) is 0. The van der Waals surface area contributed by atoms with Crippen LogP contribution in [0.3, 0.4) is 0 Å². The molecule has 1 saturated carbocycles. The molecule has 0 amide bonds. The monoisotopic (exact) mass is 826 g/mol. The standard InChI is InChI=1S/2C19H19.C6H10.2ClH.Hf/c2*1-3-5-15-8-10-16(11-9-15)18-7-4-6-17-12-14(2)13-19(17)18;1-2-4-6-5-3-1;;;/h2*4,6-13H,3,5H2,1-2H3;1-2H,3-6H2;2*1H;/q;;;;;+2/p-2. The number of benzene rings is 4. The van der Waals surface area contributed by atoms with E-state index in [2.05, 4.69) is 125 Å². The summed E-state index contributed by atoms with van der Waals surface area (Å²) in [4.78, 5) is 0. The van der Waals surface area contributed by atoms with Crippen LogP contribution in [-0.2, 0) is 32.8 Å². The van der Waals surface area contributed by atoms with Crippen molar-refractivity contribution in [3.63, 3.8) is 0 Å². The van der Waals surface area contributed by atoms with Crippen LogP contribution < -0.4 is 24.8 Å². The van der Waals surface area contributed by atoms with Crippen molar-refractivity contribution < 1.29 is 44.8 Å². The Hall–Kier alpha value is -2.19. The van der Waals surface area contributed by atoms with Crippen LogP contribution in [0.4, 0.5) is 0 Å². The molecule has 0 radical (unpaired) electrons. The van der Waals surface area contributed by atoms with Crippen LogP contribution in [0.5, 0.6) is 0 Å². The fourth-order valence-electron chi connectivity index (χ4n) is 10.5. The molecule has 3 aliphatic carbocycles. The average Bonchev–Trinajstić information content (AvgIpc) is 3.37. The zero-order valence-electron chi connectivity index (χ0n) is 28.5. The summed E-state index contributed by atoms with van der Waals surface area (Å²) in [5, 5.41) is 0. The Morgan fingerprint density at radius 3 is 1.34 bits per heavy atom. The molecular weight excluding hydrogens is 778 g/mol. The first-order chi connectivity index (χ1) is 22.1. The molecule has 242 valence electrons. The zero-order valence-corrected chi connectivity index (χ0v) is 33.6. The Bertz CT molecular complexity index is 1680. The van der Waals surface area contributed by atoms with E-state index in [1.807, 2.05) is 0 Å².